The van der Waals surface area contributed by atoms with Gasteiger partial charge in [0.1, 0.15) is 11.6 Å². The van der Waals surface area contributed by atoms with Crippen LogP contribution in [0, 0.1) is 5.92 Å². The molecule has 1 saturated carbocycles. The van der Waals surface area contributed by atoms with E-state index in [1.165, 1.54) is 0 Å². The standard InChI is InChI=1S/C36H41N5O6/c1-24(2)31(32(44)39-29(22-30(42)43)26-12-6-3-7-13-26)41-33(45)36(20-10-5-11-21-36)40(35(41)47)23-25-16-18-28(19-17-25)38-34(46)37-27-14-8-4-9-15-27/h3-4,6-9,12-19,24,29,31H,5,10-11,20-23H2,1-2H3,(H,39,44)(H,42,43)(H2,37,38,46)/t29-,31-/m0/s1. The number of carbonyl (C=O) groups excluding carboxylic acids is 4. The summed E-state index contributed by atoms with van der Waals surface area (Å²) >= 11 is 0. The molecule has 11 heteroatoms. The van der Waals surface area contributed by atoms with E-state index in [0.717, 1.165) is 29.7 Å². The van der Waals surface area contributed by atoms with Crippen molar-refractivity contribution in [2.24, 2.45) is 5.92 Å². The molecule has 6 amide bonds. The number of nitrogens with zero attached hydrogens (tertiary/aromatic N) is 2. The van der Waals surface area contributed by atoms with Gasteiger partial charge in [0.2, 0.25) is 5.91 Å². The average molecular weight is 640 g/mol. The molecule has 5 rings (SSSR count). The van der Waals surface area contributed by atoms with E-state index in [4.69, 9.17) is 0 Å². The van der Waals surface area contributed by atoms with E-state index in [2.05, 4.69) is 16.0 Å². The number of urea groups is 2. The highest BCUT2D eigenvalue weighted by atomic mass is 16.4. The van der Waals surface area contributed by atoms with E-state index < -0.39 is 47.5 Å². The number of nitrogens with one attached hydrogen (secondary N) is 3. The van der Waals surface area contributed by atoms with Crippen LogP contribution in [0.15, 0.2) is 84.9 Å². The predicted molar refractivity (Wildman–Crippen MR) is 177 cm³/mol. The lowest BCUT2D eigenvalue weighted by Gasteiger charge is -2.38. The quantitative estimate of drug-likeness (QED) is 0.185. The summed E-state index contributed by atoms with van der Waals surface area (Å²) in [5.74, 6) is -2.48. The van der Waals surface area contributed by atoms with Gasteiger partial charge in [0.25, 0.3) is 5.91 Å². The van der Waals surface area contributed by atoms with E-state index in [1.807, 2.05) is 18.2 Å². The molecule has 11 nitrogen and oxygen atoms in total. The fourth-order valence-electron chi connectivity index (χ4n) is 6.60. The normalized spacial score (nSPS) is 17.0. The van der Waals surface area contributed by atoms with Crippen LogP contribution in [0.4, 0.5) is 21.0 Å². The molecule has 1 saturated heterocycles. The van der Waals surface area contributed by atoms with Gasteiger partial charge in [-0.05, 0) is 54.2 Å². The Morgan fingerprint density at radius 3 is 1.96 bits per heavy atom. The maximum atomic E-state index is 14.3. The Bertz CT molecular complexity index is 1590. The second-order valence-corrected chi connectivity index (χ2v) is 12.5. The lowest BCUT2D eigenvalue weighted by molar-refractivity contribution is -0.143. The van der Waals surface area contributed by atoms with E-state index in [9.17, 15) is 29.1 Å². The molecule has 2 fully saturated rings. The van der Waals surface area contributed by atoms with Gasteiger partial charge in [0, 0.05) is 17.9 Å². The van der Waals surface area contributed by atoms with Crippen LogP contribution in [0.5, 0.6) is 0 Å². The topological polar surface area (TPSA) is 148 Å². The molecule has 0 radical (unpaired) electrons. The molecule has 0 bridgehead atoms. The molecular formula is C36H41N5O6. The highest BCUT2D eigenvalue weighted by Crippen LogP contribution is 2.43. The van der Waals surface area contributed by atoms with Crippen LogP contribution in [0.3, 0.4) is 0 Å². The molecule has 2 atom stereocenters. The molecule has 0 unspecified atom stereocenters. The summed E-state index contributed by atoms with van der Waals surface area (Å²) in [7, 11) is 0. The van der Waals surface area contributed by atoms with E-state index in [0.29, 0.717) is 29.8 Å². The van der Waals surface area contributed by atoms with Gasteiger partial charge >= 0.3 is 18.0 Å². The van der Waals surface area contributed by atoms with Gasteiger partial charge in [0.15, 0.2) is 0 Å². The average Bonchev–Trinajstić information content (AvgIpc) is 3.23. The summed E-state index contributed by atoms with van der Waals surface area (Å²) in [4.78, 5) is 69.4. The van der Waals surface area contributed by atoms with Gasteiger partial charge in [-0.2, -0.15) is 0 Å². The van der Waals surface area contributed by atoms with Crippen LogP contribution in [0.2, 0.25) is 0 Å². The Morgan fingerprint density at radius 2 is 1.38 bits per heavy atom. The van der Waals surface area contributed by atoms with Gasteiger partial charge in [-0.15, -0.1) is 0 Å². The fourth-order valence-corrected chi connectivity index (χ4v) is 6.60. The summed E-state index contributed by atoms with van der Waals surface area (Å²) < 4.78 is 0. The van der Waals surface area contributed by atoms with Crippen molar-refractivity contribution >= 4 is 41.2 Å². The van der Waals surface area contributed by atoms with Gasteiger partial charge < -0.3 is 26.0 Å². The zero-order chi connectivity index (χ0) is 33.6. The smallest absolute Gasteiger partial charge is 0.328 e. The first kappa shape index (κ1) is 33.2. The van der Waals surface area contributed by atoms with Crippen molar-refractivity contribution in [1.29, 1.82) is 0 Å². The monoisotopic (exact) mass is 639 g/mol. The number of benzene rings is 3. The number of aliphatic carboxylic acids is 1. The largest absolute Gasteiger partial charge is 0.481 e. The minimum Gasteiger partial charge on any atom is -0.481 e. The Morgan fingerprint density at radius 1 is 0.809 bits per heavy atom. The number of carbonyl (C=O) groups is 5. The van der Waals surface area contributed by atoms with Crippen LogP contribution < -0.4 is 16.0 Å². The Hall–Kier alpha value is -5.19. The Kier molecular flexibility index (Phi) is 10.2. The van der Waals surface area contributed by atoms with Gasteiger partial charge in [-0.1, -0.05) is 93.8 Å². The summed E-state index contributed by atoms with van der Waals surface area (Å²) in [5.41, 5.74) is 1.53. The van der Waals surface area contributed by atoms with Crippen LogP contribution in [0.25, 0.3) is 0 Å². The highest BCUT2D eigenvalue weighted by molar-refractivity contribution is 6.10. The van der Waals surface area contributed by atoms with Crippen molar-refractivity contribution in [2.45, 2.75) is 76.5 Å². The number of rotatable bonds is 11. The fraction of sp³-hybridized carbons (Fsp3) is 0.361. The molecule has 3 aromatic carbocycles. The Labute approximate surface area is 274 Å². The van der Waals surface area contributed by atoms with Crippen LogP contribution in [-0.4, -0.2) is 56.3 Å². The number of carboxylic acid groups (broad SMARTS) is 1. The van der Waals surface area contributed by atoms with Crippen LogP contribution in [0.1, 0.15) is 69.5 Å². The molecule has 1 spiro atoms. The molecule has 47 heavy (non-hydrogen) atoms. The maximum absolute atomic E-state index is 14.3. The summed E-state index contributed by atoms with van der Waals surface area (Å²) in [6.45, 7) is 3.69. The first-order chi connectivity index (χ1) is 22.6. The molecule has 1 aliphatic heterocycles. The molecule has 246 valence electrons. The van der Waals surface area contributed by atoms with Crippen molar-refractivity contribution in [1.82, 2.24) is 15.1 Å². The molecule has 4 N–H and O–H groups in total. The maximum Gasteiger partial charge on any atom is 0.328 e. The number of hydrogen-bond acceptors (Lipinski definition) is 5. The van der Waals surface area contributed by atoms with Crippen molar-refractivity contribution in [3.05, 3.63) is 96.1 Å². The number of para-hydroxylation sites is 1. The van der Waals surface area contributed by atoms with Gasteiger partial charge in [-0.3, -0.25) is 14.4 Å². The van der Waals surface area contributed by atoms with E-state index in [-0.39, 0.29) is 18.9 Å². The van der Waals surface area contributed by atoms with Crippen LogP contribution in [-0.2, 0) is 20.9 Å². The van der Waals surface area contributed by atoms with Crippen molar-refractivity contribution in [3.8, 4) is 0 Å². The number of carboxylic acids is 1. The summed E-state index contributed by atoms with van der Waals surface area (Å²) in [5, 5.41) is 18.0. The van der Waals surface area contributed by atoms with Crippen molar-refractivity contribution in [2.75, 3.05) is 10.6 Å². The SMILES string of the molecule is CC(C)[C@@H](C(=O)N[C@@H](CC(=O)O)c1ccccc1)N1C(=O)N(Cc2ccc(NC(=O)Nc3ccccc3)cc2)C2(CCCCC2)C1=O. The number of hydrogen-bond donors (Lipinski definition) is 4. The van der Waals surface area contributed by atoms with E-state index >= 15 is 0 Å². The first-order valence-electron chi connectivity index (χ1n) is 16.0. The lowest BCUT2D eigenvalue weighted by atomic mass is 9.80. The van der Waals surface area contributed by atoms with E-state index in [1.54, 1.807) is 85.5 Å². The lowest BCUT2D eigenvalue weighted by Crippen LogP contribution is -2.55. The predicted octanol–water partition coefficient (Wildman–Crippen LogP) is 6.15. The number of imide groups is 1. The molecule has 1 aliphatic carbocycles. The second-order valence-electron chi connectivity index (χ2n) is 12.5. The third-order valence-electron chi connectivity index (χ3n) is 8.91. The summed E-state index contributed by atoms with van der Waals surface area (Å²) in [6, 6.07) is 22.1. The number of amides is 6. The van der Waals surface area contributed by atoms with Crippen molar-refractivity contribution < 1.29 is 29.1 Å². The van der Waals surface area contributed by atoms with Crippen molar-refractivity contribution in [3.63, 3.8) is 0 Å². The molecule has 3 aromatic rings. The van der Waals surface area contributed by atoms with Crippen LogP contribution >= 0.6 is 0 Å². The third kappa shape index (κ3) is 7.45. The zero-order valence-electron chi connectivity index (χ0n) is 26.6. The minimum atomic E-state index is -1.13. The molecule has 1 heterocycles. The molecule has 2 aliphatic rings. The first-order valence-corrected chi connectivity index (χ1v) is 16.0. The number of anilines is 2. The molecule has 0 aromatic heterocycles. The minimum absolute atomic E-state index is 0.148. The zero-order valence-corrected chi connectivity index (χ0v) is 26.6. The highest BCUT2D eigenvalue weighted by Gasteiger charge is 2.60. The van der Waals surface area contributed by atoms with Gasteiger partial charge in [0.05, 0.1) is 12.5 Å². The second kappa shape index (κ2) is 14.5. The third-order valence-corrected chi connectivity index (χ3v) is 8.91. The summed E-state index contributed by atoms with van der Waals surface area (Å²) in [6.07, 6.45) is 3.13. The Balaban J connectivity index is 1.36. The van der Waals surface area contributed by atoms with Gasteiger partial charge in [-0.25, -0.2) is 14.5 Å². The molecular weight excluding hydrogens is 598 g/mol.